The van der Waals surface area contributed by atoms with E-state index in [9.17, 15) is 4.79 Å². The molecule has 0 aliphatic rings. The number of nitrogens with zero attached hydrogens (tertiary/aromatic N) is 2. The Kier molecular flexibility index (Phi) is 4.46. The van der Waals surface area contributed by atoms with Crippen LogP contribution in [0.25, 0.3) is 11.0 Å². The van der Waals surface area contributed by atoms with Crippen molar-refractivity contribution in [2.45, 2.75) is 13.0 Å². The molecule has 4 aromatic rings. The smallest absolute Gasteiger partial charge is 0.288 e. The Labute approximate surface area is 161 Å². The first-order valence-electron chi connectivity index (χ1n) is 8.56. The molecule has 0 saturated carbocycles. The molecule has 0 fully saturated rings. The van der Waals surface area contributed by atoms with Crippen LogP contribution < -0.4 is 5.32 Å². The Hall–Kier alpha value is -3.05. The van der Waals surface area contributed by atoms with E-state index in [1.165, 1.54) is 0 Å². The molecule has 0 saturated heterocycles. The van der Waals surface area contributed by atoms with Gasteiger partial charge in [-0.1, -0.05) is 41.9 Å². The summed E-state index contributed by atoms with van der Waals surface area (Å²) in [6, 6.07) is 14.5. The molecule has 0 aliphatic heterocycles. The summed E-state index contributed by atoms with van der Waals surface area (Å²) in [6.45, 7) is 1.89. The van der Waals surface area contributed by atoms with Gasteiger partial charge in [-0.2, -0.15) is 0 Å². The molecule has 0 radical (unpaired) electrons. The summed E-state index contributed by atoms with van der Waals surface area (Å²) < 4.78 is 7.68. The van der Waals surface area contributed by atoms with Crippen molar-refractivity contribution in [1.82, 2.24) is 14.9 Å². The standard InChI is InChI=1S/C21H18ClN3O2/c1-13-16-5-3-4-6-17(16)27-19(13)21(26)24-18(20-23-11-12-25(20)2)14-7-9-15(22)10-8-14/h3-12,18H,1-2H3,(H,24,26). The second-order valence-electron chi connectivity index (χ2n) is 6.41. The lowest BCUT2D eigenvalue weighted by atomic mass is 10.1. The van der Waals surface area contributed by atoms with E-state index in [0.29, 0.717) is 16.4 Å². The van der Waals surface area contributed by atoms with Gasteiger partial charge in [0.25, 0.3) is 5.91 Å². The lowest BCUT2D eigenvalue weighted by Crippen LogP contribution is -2.31. The molecule has 0 bridgehead atoms. The van der Waals surface area contributed by atoms with E-state index in [1.54, 1.807) is 18.3 Å². The van der Waals surface area contributed by atoms with Gasteiger partial charge in [0.2, 0.25) is 0 Å². The summed E-state index contributed by atoms with van der Waals surface area (Å²) >= 11 is 6.02. The van der Waals surface area contributed by atoms with Gasteiger partial charge >= 0.3 is 0 Å². The number of nitrogens with one attached hydrogen (secondary N) is 1. The molecule has 2 heterocycles. The van der Waals surface area contributed by atoms with Crippen LogP contribution in [0.4, 0.5) is 0 Å². The van der Waals surface area contributed by atoms with Gasteiger partial charge in [0.05, 0.1) is 0 Å². The molecule has 2 aromatic carbocycles. The van der Waals surface area contributed by atoms with Crippen LogP contribution in [0.1, 0.15) is 33.5 Å². The molecule has 2 aromatic heterocycles. The third-order valence-electron chi connectivity index (χ3n) is 4.65. The monoisotopic (exact) mass is 379 g/mol. The third kappa shape index (κ3) is 3.22. The maximum absolute atomic E-state index is 13.0. The summed E-state index contributed by atoms with van der Waals surface area (Å²) in [7, 11) is 1.89. The number of imidazole rings is 1. The van der Waals surface area contributed by atoms with Crippen LogP contribution in [0, 0.1) is 6.92 Å². The van der Waals surface area contributed by atoms with Gasteiger partial charge in [-0.05, 0) is 30.7 Å². The number of carbonyl (C=O) groups excluding carboxylic acids is 1. The number of carbonyl (C=O) groups is 1. The lowest BCUT2D eigenvalue weighted by molar-refractivity contribution is 0.0914. The van der Waals surface area contributed by atoms with Crippen LogP contribution in [0.15, 0.2) is 65.3 Å². The van der Waals surface area contributed by atoms with Crippen LogP contribution in [-0.4, -0.2) is 15.5 Å². The van der Waals surface area contributed by atoms with Crippen LogP contribution in [0.3, 0.4) is 0 Å². The number of para-hydroxylation sites is 1. The average Bonchev–Trinajstić information content (AvgIpc) is 3.24. The summed E-state index contributed by atoms with van der Waals surface area (Å²) in [5.41, 5.74) is 2.40. The number of hydrogen-bond donors (Lipinski definition) is 1. The Morgan fingerprint density at radius 2 is 1.93 bits per heavy atom. The van der Waals surface area contributed by atoms with Gasteiger partial charge in [-0.15, -0.1) is 0 Å². The molecule has 0 aliphatic carbocycles. The number of hydrogen-bond acceptors (Lipinski definition) is 3. The van der Waals surface area contributed by atoms with Crippen molar-refractivity contribution in [3.8, 4) is 0 Å². The second-order valence-corrected chi connectivity index (χ2v) is 6.84. The van der Waals surface area contributed by atoms with Crippen molar-refractivity contribution >= 4 is 28.5 Å². The van der Waals surface area contributed by atoms with Crippen molar-refractivity contribution in [3.05, 3.63) is 88.7 Å². The van der Waals surface area contributed by atoms with Gasteiger partial charge in [0.15, 0.2) is 5.76 Å². The van der Waals surface area contributed by atoms with Gasteiger partial charge in [-0.3, -0.25) is 4.79 Å². The molecular weight excluding hydrogens is 362 g/mol. The fraction of sp³-hybridized carbons (Fsp3) is 0.143. The second kappa shape index (κ2) is 6.93. The van der Waals surface area contributed by atoms with Crippen molar-refractivity contribution in [2.24, 2.45) is 7.05 Å². The Morgan fingerprint density at radius 3 is 2.59 bits per heavy atom. The molecular formula is C21H18ClN3O2. The average molecular weight is 380 g/mol. The Bertz CT molecular complexity index is 1110. The summed E-state index contributed by atoms with van der Waals surface area (Å²) in [5, 5.41) is 4.62. The zero-order valence-electron chi connectivity index (χ0n) is 14.9. The van der Waals surface area contributed by atoms with E-state index >= 15 is 0 Å². The fourth-order valence-electron chi connectivity index (χ4n) is 3.20. The maximum Gasteiger partial charge on any atom is 0.288 e. The topological polar surface area (TPSA) is 60.1 Å². The zero-order chi connectivity index (χ0) is 19.0. The summed E-state index contributed by atoms with van der Waals surface area (Å²) in [6.07, 6.45) is 3.55. The largest absolute Gasteiger partial charge is 0.451 e. The highest BCUT2D eigenvalue weighted by Crippen LogP contribution is 2.27. The molecule has 1 amide bonds. The van der Waals surface area contributed by atoms with Gasteiger partial charge in [0.1, 0.15) is 17.4 Å². The fourth-order valence-corrected chi connectivity index (χ4v) is 3.32. The van der Waals surface area contributed by atoms with Crippen molar-refractivity contribution in [2.75, 3.05) is 0 Å². The Balaban J connectivity index is 1.72. The van der Waals surface area contributed by atoms with Gasteiger partial charge < -0.3 is 14.3 Å². The van der Waals surface area contributed by atoms with E-state index in [1.807, 2.05) is 61.1 Å². The molecule has 0 spiro atoms. The first-order chi connectivity index (χ1) is 13.0. The number of rotatable bonds is 4. The minimum Gasteiger partial charge on any atom is -0.451 e. The van der Waals surface area contributed by atoms with E-state index < -0.39 is 6.04 Å². The minimum atomic E-state index is -0.428. The van der Waals surface area contributed by atoms with Crippen molar-refractivity contribution < 1.29 is 9.21 Å². The molecule has 5 nitrogen and oxygen atoms in total. The first-order valence-corrected chi connectivity index (χ1v) is 8.94. The predicted octanol–water partition coefficient (Wildman–Crippen LogP) is 4.65. The van der Waals surface area contributed by atoms with Crippen LogP contribution >= 0.6 is 11.6 Å². The molecule has 1 N–H and O–H groups in total. The first kappa shape index (κ1) is 17.4. The summed E-state index contributed by atoms with van der Waals surface area (Å²) in [4.78, 5) is 17.4. The number of furan rings is 1. The minimum absolute atomic E-state index is 0.286. The normalized spacial score (nSPS) is 12.3. The predicted molar refractivity (Wildman–Crippen MR) is 105 cm³/mol. The molecule has 27 heavy (non-hydrogen) atoms. The molecule has 6 heteroatoms. The molecule has 136 valence electrons. The van der Waals surface area contributed by atoms with Crippen molar-refractivity contribution in [1.29, 1.82) is 0 Å². The Morgan fingerprint density at radius 1 is 1.19 bits per heavy atom. The van der Waals surface area contributed by atoms with E-state index in [4.69, 9.17) is 16.0 Å². The van der Waals surface area contributed by atoms with Crippen molar-refractivity contribution in [3.63, 3.8) is 0 Å². The SMILES string of the molecule is Cc1c(C(=O)NC(c2ccc(Cl)cc2)c2nccn2C)oc2ccccc12. The van der Waals surface area contributed by atoms with Gasteiger partial charge in [0, 0.05) is 35.4 Å². The van der Waals surface area contributed by atoms with E-state index in [0.717, 1.165) is 22.3 Å². The van der Waals surface area contributed by atoms with E-state index in [2.05, 4.69) is 10.3 Å². The number of benzene rings is 2. The van der Waals surface area contributed by atoms with Crippen LogP contribution in [0.5, 0.6) is 0 Å². The quantitative estimate of drug-likeness (QED) is 0.561. The zero-order valence-corrected chi connectivity index (χ0v) is 15.7. The number of aryl methyl sites for hydroxylation is 2. The molecule has 1 unspecified atom stereocenters. The number of fused-ring (bicyclic) bond motifs is 1. The number of halogens is 1. The number of aromatic nitrogens is 2. The third-order valence-corrected chi connectivity index (χ3v) is 4.90. The van der Waals surface area contributed by atoms with Crippen LogP contribution in [-0.2, 0) is 7.05 Å². The highest BCUT2D eigenvalue weighted by atomic mass is 35.5. The number of amides is 1. The molecule has 1 atom stereocenters. The molecule has 4 rings (SSSR count). The maximum atomic E-state index is 13.0. The van der Waals surface area contributed by atoms with Gasteiger partial charge in [-0.25, -0.2) is 4.98 Å². The lowest BCUT2D eigenvalue weighted by Gasteiger charge is -2.19. The highest BCUT2D eigenvalue weighted by Gasteiger charge is 2.25. The van der Waals surface area contributed by atoms with Crippen LogP contribution in [0.2, 0.25) is 5.02 Å². The van der Waals surface area contributed by atoms with E-state index in [-0.39, 0.29) is 5.91 Å². The highest BCUT2D eigenvalue weighted by molar-refractivity contribution is 6.30. The summed E-state index contributed by atoms with van der Waals surface area (Å²) in [5.74, 6) is 0.746.